The van der Waals surface area contributed by atoms with Crippen LogP contribution in [0.2, 0.25) is 19.6 Å². The highest BCUT2D eigenvalue weighted by molar-refractivity contribution is 9.11. The molecule has 2 aromatic rings. The number of rotatable bonds is 1. The topological polar surface area (TPSA) is 0 Å². The average Bonchev–Trinajstić information content (AvgIpc) is 2.38. The minimum Gasteiger partial charge on any atom is -0.128 e. The van der Waals surface area contributed by atoms with Crippen LogP contribution < -0.4 is 5.19 Å². The Morgan fingerprint density at radius 3 is 2.43 bits per heavy atom. The Kier molecular flexibility index (Phi) is 2.58. The van der Waals surface area contributed by atoms with Crippen molar-refractivity contribution in [2.24, 2.45) is 0 Å². The molecule has 0 aliphatic rings. The number of benzene rings is 1. The van der Waals surface area contributed by atoms with Crippen LogP contribution in [-0.4, -0.2) is 8.07 Å². The van der Waals surface area contributed by atoms with Crippen LogP contribution in [0, 0.1) is 0 Å². The van der Waals surface area contributed by atoms with Crippen LogP contribution in [0.4, 0.5) is 0 Å². The normalized spacial score (nSPS) is 12.3. The van der Waals surface area contributed by atoms with E-state index >= 15 is 0 Å². The molecule has 0 aliphatic heterocycles. The zero-order valence-electron chi connectivity index (χ0n) is 8.60. The Morgan fingerprint density at radius 2 is 1.79 bits per heavy atom. The van der Waals surface area contributed by atoms with E-state index in [4.69, 9.17) is 0 Å². The van der Waals surface area contributed by atoms with Crippen molar-refractivity contribution in [2.75, 3.05) is 0 Å². The van der Waals surface area contributed by atoms with E-state index in [9.17, 15) is 0 Å². The maximum Gasteiger partial charge on any atom is 0.0810 e. The molecule has 3 heteroatoms. The van der Waals surface area contributed by atoms with Crippen LogP contribution in [0.25, 0.3) is 10.1 Å². The summed E-state index contributed by atoms with van der Waals surface area (Å²) >= 11 is 5.56. The second-order valence-corrected chi connectivity index (χ2v) is 11.9. The zero-order chi connectivity index (χ0) is 10.3. The molecule has 0 amide bonds. The fourth-order valence-electron chi connectivity index (χ4n) is 1.71. The molecule has 0 spiro atoms. The van der Waals surface area contributed by atoms with Crippen LogP contribution in [0.3, 0.4) is 0 Å². The largest absolute Gasteiger partial charge is 0.128 e. The highest BCUT2D eigenvalue weighted by Gasteiger charge is 2.23. The first-order valence-electron chi connectivity index (χ1n) is 4.67. The van der Waals surface area contributed by atoms with Gasteiger partial charge in [-0.3, -0.25) is 0 Å². The van der Waals surface area contributed by atoms with Crippen molar-refractivity contribution in [3.8, 4) is 0 Å². The van der Waals surface area contributed by atoms with Crippen LogP contribution in [0.5, 0.6) is 0 Å². The molecule has 0 aliphatic carbocycles. The molecular weight excluding hydrogens is 272 g/mol. The SMILES string of the molecule is C[Si](C)(C)c1c(Br)sc2ccccc12. The first kappa shape index (κ1) is 10.4. The quantitative estimate of drug-likeness (QED) is 0.689. The Balaban J connectivity index is 2.81. The van der Waals surface area contributed by atoms with Gasteiger partial charge in [0.2, 0.25) is 0 Å². The van der Waals surface area contributed by atoms with Gasteiger partial charge in [0.1, 0.15) is 0 Å². The van der Waals surface area contributed by atoms with E-state index in [-0.39, 0.29) is 0 Å². The third kappa shape index (κ3) is 1.69. The van der Waals surface area contributed by atoms with Gasteiger partial charge in [-0.2, -0.15) is 0 Å². The van der Waals surface area contributed by atoms with Crippen molar-refractivity contribution in [1.82, 2.24) is 0 Å². The van der Waals surface area contributed by atoms with Crippen molar-refractivity contribution in [3.05, 3.63) is 28.1 Å². The van der Waals surface area contributed by atoms with Crippen LogP contribution >= 0.6 is 27.3 Å². The van der Waals surface area contributed by atoms with Crippen molar-refractivity contribution in [3.63, 3.8) is 0 Å². The lowest BCUT2D eigenvalue weighted by Crippen LogP contribution is -2.37. The van der Waals surface area contributed by atoms with Gasteiger partial charge < -0.3 is 0 Å². The third-order valence-electron chi connectivity index (χ3n) is 2.30. The van der Waals surface area contributed by atoms with Gasteiger partial charge in [-0.15, -0.1) is 11.3 Å². The molecule has 0 nitrogen and oxygen atoms in total. The maximum absolute atomic E-state index is 3.70. The molecule has 0 saturated carbocycles. The molecule has 1 aromatic heterocycles. The Labute approximate surface area is 98.1 Å². The zero-order valence-corrected chi connectivity index (χ0v) is 12.0. The molecule has 1 heterocycles. The summed E-state index contributed by atoms with van der Waals surface area (Å²) in [6.07, 6.45) is 0. The smallest absolute Gasteiger partial charge is 0.0810 e. The van der Waals surface area contributed by atoms with E-state index in [1.165, 1.54) is 13.9 Å². The number of halogens is 1. The Hall–Kier alpha value is -0.123. The van der Waals surface area contributed by atoms with Gasteiger partial charge in [0.25, 0.3) is 0 Å². The predicted octanol–water partition coefficient (Wildman–Crippen LogP) is 4.21. The van der Waals surface area contributed by atoms with Gasteiger partial charge >= 0.3 is 0 Å². The minimum absolute atomic E-state index is 1.23. The lowest BCUT2D eigenvalue weighted by Gasteiger charge is -2.16. The van der Waals surface area contributed by atoms with Crippen LogP contribution in [-0.2, 0) is 0 Å². The average molecular weight is 285 g/mol. The van der Waals surface area contributed by atoms with E-state index in [2.05, 4.69) is 59.8 Å². The van der Waals surface area contributed by atoms with Gasteiger partial charge in [0.15, 0.2) is 0 Å². The van der Waals surface area contributed by atoms with Crippen molar-refractivity contribution in [1.29, 1.82) is 0 Å². The molecular formula is C11H13BrSSi. The monoisotopic (exact) mass is 284 g/mol. The summed E-state index contributed by atoms with van der Waals surface area (Å²) in [7, 11) is -1.23. The van der Waals surface area contributed by atoms with Gasteiger partial charge in [0, 0.05) is 4.70 Å². The summed E-state index contributed by atoms with van der Waals surface area (Å²) in [4.78, 5) is 0. The lowest BCUT2D eigenvalue weighted by molar-refractivity contribution is 1.76. The summed E-state index contributed by atoms with van der Waals surface area (Å²) < 4.78 is 2.73. The fraction of sp³-hybridized carbons (Fsp3) is 0.273. The molecule has 14 heavy (non-hydrogen) atoms. The molecule has 1 aromatic carbocycles. The first-order valence-corrected chi connectivity index (χ1v) is 9.78. The number of hydrogen-bond donors (Lipinski definition) is 0. The van der Waals surface area contributed by atoms with Crippen molar-refractivity contribution < 1.29 is 0 Å². The molecule has 0 atom stereocenters. The summed E-state index contributed by atoms with van der Waals surface area (Å²) in [5.41, 5.74) is 0. The van der Waals surface area contributed by atoms with Gasteiger partial charge in [-0.1, -0.05) is 37.8 Å². The van der Waals surface area contributed by atoms with Gasteiger partial charge in [-0.05, 0) is 32.6 Å². The van der Waals surface area contributed by atoms with E-state index in [0.717, 1.165) is 0 Å². The molecule has 74 valence electrons. The lowest BCUT2D eigenvalue weighted by atomic mass is 10.3. The highest BCUT2D eigenvalue weighted by Crippen LogP contribution is 2.30. The molecule has 0 fully saturated rings. The van der Waals surface area contributed by atoms with Crippen LogP contribution in [0.15, 0.2) is 28.1 Å². The first-order chi connectivity index (χ1) is 6.50. The van der Waals surface area contributed by atoms with E-state index < -0.39 is 8.07 Å². The summed E-state index contributed by atoms with van der Waals surface area (Å²) in [5, 5.41) is 3.02. The predicted molar refractivity (Wildman–Crippen MR) is 72.5 cm³/mol. The van der Waals surface area contributed by atoms with E-state index in [0.29, 0.717) is 0 Å². The summed E-state index contributed by atoms with van der Waals surface area (Å²) in [5.74, 6) is 0. The Bertz CT molecular complexity index is 468. The van der Waals surface area contributed by atoms with E-state index in [1.54, 1.807) is 5.19 Å². The highest BCUT2D eigenvalue weighted by atomic mass is 79.9. The number of fused-ring (bicyclic) bond motifs is 1. The maximum atomic E-state index is 3.70. The Morgan fingerprint density at radius 1 is 1.14 bits per heavy atom. The second-order valence-electron chi connectivity index (χ2n) is 4.50. The molecule has 0 saturated heterocycles. The second kappa shape index (κ2) is 3.47. The standard InChI is InChI=1S/C11H13BrSSi/c1-14(2,3)10-8-6-4-5-7-9(8)13-11(10)12/h4-7H,1-3H3. The van der Waals surface area contributed by atoms with Gasteiger partial charge in [-0.25, -0.2) is 0 Å². The number of hydrogen-bond acceptors (Lipinski definition) is 1. The van der Waals surface area contributed by atoms with Crippen molar-refractivity contribution >= 4 is 50.6 Å². The fourth-order valence-corrected chi connectivity index (χ4v) is 7.85. The number of thiophene rings is 1. The van der Waals surface area contributed by atoms with E-state index in [1.807, 2.05) is 11.3 Å². The third-order valence-corrected chi connectivity index (χ3v) is 6.71. The molecule has 0 N–H and O–H groups in total. The minimum atomic E-state index is -1.23. The van der Waals surface area contributed by atoms with Crippen LogP contribution in [0.1, 0.15) is 0 Å². The van der Waals surface area contributed by atoms with Crippen molar-refractivity contribution in [2.45, 2.75) is 19.6 Å². The summed E-state index contributed by atoms with van der Waals surface area (Å²) in [6.45, 7) is 7.19. The van der Waals surface area contributed by atoms with Gasteiger partial charge in [0.05, 0.1) is 11.9 Å². The summed E-state index contributed by atoms with van der Waals surface area (Å²) in [6, 6.07) is 8.68. The molecule has 0 radical (unpaired) electrons. The molecule has 2 rings (SSSR count). The molecule has 0 unspecified atom stereocenters. The molecule has 0 bridgehead atoms.